The highest BCUT2D eigenvalue weighted by atomic mass is 32.1. The summed E-state index contributed by atoms with van der Waals surface area (Å²) in [6.07, 6.45) is 0. The fourth-order valence-electron chi connectivity index (χ4n) is 1.86. The standard InChI is InChI=1S/C15H10N2O2S/c1-9(10-5-3-2-4-6-10)11-7-8-12-13(16-11)20-14(17-12)15(18)19/h2-8H,1H2,(H,18,19). The third-order valence-electron chi connectivity index (χ3n) is 2.87. The molecule has 0 spiro atoms. The van der Waals surface area contributed by atoms with E-state index in [2.05, 4.69) is 16.5 Å². The summed E-state index contributed by atoms with van der Waals surface area (Å²) in [5.41, 5.74) is 3.11. The van der Waals surface area contributed by atoms with Gasteiger partial charge in [0, 0.05) is 5.57 Å². The smallest absolute Gasteiger partial charge is 0.365 e. The highest BCUT2D eigenvalue weighted by Gasteiger charge is 2.12. The number of hydrogen-bond acceptors (Lipinski definition) is 4. The van der Waals surface area contributed by atoms with Crippen LogP contribution in [0.4, 0.5) is 0 Å². The molecule has 98 valence electrons. The Bertz CT molecular complexity index is 809. The summed E-state index contributed by atoms with van der Waals surface area (Å²) in [5.74, 6) is -1.03. The number of benzene rings is 1. The Kier molecular flexibility index (Phi) is 3.04. The number of nitrogens with zero attached hydrogens (tertiary/aromatic N) is 2. The molecule has 0 fully saturated rings. The summed E-state index contributed by atoms with van der Waals surface area (Å²) in [5, 5.41) is 9.00. The summed E-state index contributed by atoms with van der Waals surface area (Å²) in [6, 6.07) is 13.3. The molecule has 0 unspecified atom stereocenters. The molecule has 20 heavy (non-hydrogen) atoms. The number of fused-ring (bicyclic) bond motifs is 1. The average molecular weight is 282 g/mol. The van der Waals surface area contributed by atoms with Gasteiger partial charge in [0.25, 0.3) is 0 Å². The van der Waals surface area contributed by atoms with Crippen LogP contribution in [0.5, 0.6) is 0 Å². The molecule has 0 aliphatic heterocycles. The first kappa shape index (κ1) is 12.5. The Morgan fingerprint density at radius 3 is 2.55 bits per heavy atom. The van der Waals surface area contributed by atoms with Crippen molar-refractivity contribution in [2.24, 2.45) is 0 Å². The second-order valence-electron chi connectivity index (χ2n) is 4.19. The van der Waals surface area contributed by atoms with Gasteiger partial charge in [-0.05, 0) is 17.7 Å². The summed E-state index contributed by atoms with van der Waals surface area (Å²) >= 11 is 1.07. The Labute approximate surface area is 119 Å². The van der Waals surface area contributed by atoms with Crippen molar-refractivity contribution in [2.75, 3.05) is 0 Å². The highest BCUT2D eigenvalue weighted by molar-refractivity contribution is 7.19. The second kappa shape index (κ2) is 4.86. The summed E-state index contributed by atoms with van der Waals surface area (Å²) in [7, 11) is 0. The predicted molar refractivity (Wildman–Crippen MR) is 79.0 cm³/mol. The van der Waals surface area contributed by atoms with Gasteiger partial charge in [0.15, 0.2) is 0 Å². The van der Waals surface area contributed by atoms with Gasteiger partial charge in [0.1, 0.15) is 10.3 Å². The molecule has 0 aliphatic carbocycles. The first-order valence-corrected chi connectivity index (χ1v) is 6.72. The van der Waals surface area contributed by atoms with Crippen LogP contribution < -0.4 is 0 Å². The normalized spacial score (nSPS) is 10.6. The third-order valence-corrected chi connectivity index (χ3v) is 3.82. The van der Waals surface area contributed by atoms with Crippen LogP contribution in [-0.4, -0.2) is 21.0 Å². The zero-order valence-electron chi connectivity index (χ0n) is 10.4. The molecule has 2 heterocycles. The monoisotopic (exact) mass is 282 g/mol. The van der Waals surface area contributed by atoms with E-state index < -0.39 is 5.97 Å². The minimum atomic E-state index is -1.03. The van der Waals surface area contributed by atoms with Crippen molar-refractivity contribution in [3.8, 4) is 0 Å². The lowest BCUT2D eigenvalue weighted by molar-refractivity contribution is 0.0696. The van der Waals surface area contributed by atoms with Crippen LogP contribution >= 0.6 is 11.3 Å². The highest BCUT2D eigenvalue weighted by Crippen LogP contribution is 2.25. The molecule has 3 rings (SSSR count). The first-order chi connectivity index (χ1) is 9.65. The van der Waals surface area contributed by atoms with E-state index in [0.717, 1.165) is 28.2 Å². The minimum Gasteiger partial charge on any atom is -0.476 e. The number of aromatic carboxylic acids is 1. The van der Waals surface area contributed by atoms with Gasteiger partial charge in [0.05, 0.1) is 5.69 Å². The molecule has 2 aromatic heterocycles. The molecule has 0 atom stereocenters. The van der Waals surface area contributed by atoms with E-state index >= 15 is 0 Å². The van der Waals surface area contributed by atoms with Gasteiger partial charge >= 0.3 is 5.97 Å². The Morgan fingerprint density at radius 1 is 1.10 bits per heavy atom. The third kappa shape index (κ3) is 2.19. The number of aromatic nitrogens is 2. The van der Waals surface area contributed by atoms with E-state index in [1.165, 1.54) is 0 Å². The van der Waals surface area contributed by atoms with Crippen LogP contribution in [0.3, 0.4) is 0 Å². The quantitative estimate of drug-likeness (QED) is 0.799. The van der Waals surface area contributed by atoms with Crippen molar-refractivity contribution in [2.45, 2.75) is 0 Å². The van der Waals surface area contributed by atoms with Crippen molar-refractivity contribution >= 4 is 33.2 Å². The lowest BCUT2D eigenvalue weighted by Gasteiger charge is -2.04. The summed E-state index contributed by atoms with van der Waals surface area (Å²) in [6.45, 7) is 4.05. The van der Waals surface area contributed by atoms with E-state index in [4.69, 9.17) is 5.11 Å². The molecule has 0 saturated heterocycles. The number of pyridine rings is 1. The van der Waals surface area contributed by atoms with Gasteiger partial charge in [0.2, 0.25) is 5.01 Å². The van der Waals surface area contributed by atoms with Crippen LogP contribution in [0.25, 0.3) is 15.9 Å². The molecule has 0 bridgehead atoms. The number of carboxylic acids is 1. The molecule has 0 amide bonds. The molecule has 3 aromatic rings. The molecule has 5 heteroatoms. The predicted octanol–water partition coefficient (Wildman–Crippen LogP) is 3.45. The van der Waals surface area contributed by atoms with Gasteiger partial charge in [-0.25, -0.2) is 14.8 Å². The number of carboxylic acid groups (broad SMARTS) is 1. The molecule has 0 aliphatic rings. The zero-order chi connectivity index (χ0) is 14.1. The van der Waals surface area contributed by atoms with Crippen LogP contribution in [0.15, 0.2) is 49.0 Å². The van der Waals surface area contributed by atoms with Gasteiger partial charge in [-0.15, -0.1) is 0 Å². The zero-order valence-corrected chi connectivity index (χ0v) is 11.2. The topological polar surface area (TPSA) is 63.1 Å². The molecular formula is C15H10N2O2S. The molecule has 4 nitrogen and oxygen atoms in total. The van der Waals surface area contributed by atoms with Crippen molar-refractivity contribution in [1.82, 2.24) is 9.97 Å². The maximum atomic E-state index is 10.9. The fraction of sp³-hybridized carbons (Fsp3) is 0. The van der Waals surface area contributed by atoms with Crippen molar-refractivity contribution < 1.29 is 9.90 Å². The largest absolute Gasteiger partial charge is 0.476 e. The Balaban J connectivity index is 2.05. The second-order valence-corrected chi connectivity index (χ2v) is 5.17. The van der Waals surface area contributed by atoms with E-state index in [9.17, 15) is 4.79 Å². The Hall–Kier alpha value is -2.53. The summed E-state index contributed by atoms with van der Waals surface area (Å²) < 4.78 is 0. The van der Waals surface area contributed by atoms with Gasteiger partial charge in [-0.2, -0.15) is 0 Å². The van der Waals surface area contributed by atoms with Crippen LogP contribution in [0.2, 0.25) is 0 Å². The van der Waals surface area contributed by atoms with E-state index in [1.54, 1.807) is 6.07 Å². The number of thiazole rings is 1. The lowest BCUT2D eigenvalue weighted by atomic mass is 10.0. The number of rotatable bonds is 3. The summed E-state index contributed by atoms with van der Waals surface area (Å²) in [4.78, 5) is 20.0. The van der Waals surface area contributed by atoms with Crippen LogP contribution in [0.1, 0.15) is 21.1 Å². The lowest BCUT2D eigenvalue weighted by Crippen LogP contribution is -1.93. The molecule has 0 saturated carbocycles. The minimum absolute atomic E-state index is 0.0509. The SMILES string of the molecule is C=C(c1ccccc1)c1ccc2nc(C(=O)O)sc2n1. The molecule has 1 aromatic carbocycles. The number of carbonyl (C=O) groups is 1. The van der Waals surface area contributed by atoms with E-state index in [0.29, 0.717) is 10.3 Å². The van der Waals surface area contributed by atoms with E-state index in [1.807, 2.05) is 36.4 Å². The average Bonchev–Trinajstić information content (AvgIpc) is 2.90. The van der Waals surface area contributed by atoms with Crippen LogP contribution in [0, 0.1) is 0 Å². The Morgan fingerprint density at radius 2 is 1.85 bits per heavy atom. The van der Waals surface area contributed by atoms with Gasteiger partial charge < -0.3 is 5.11 Å². The maximum Gasteiger partial charge on any atom is 0.365 e. The van der Waals surface area contributed by atoms with Gasteiger partial charge in [-0.3, -0.25) is 0 Å². The first-order valence-electron chi connectivity index (χ1n) is 5.91. The van der Waals surface area contributed by atoms with Crippen molar-refractivity contribution in [3.05, 3.63) is 65.3 Å². The van der Waals surface area contributed by atoms with Gasteiger partial charge in [-0.1, -0.05) is 48.2 Å². The fourth-order valence-corrected chi connectivity index (χ4v) is 2.64. The van der Waals surface area contributed by atoms with Crippen molar-refractivity contribution in [1.29, 1.82) is 0 Å². The van der Waals surface area contributed by atoms with Crippen molar-refractivity contribution in [3.63, 3.8) is 0 Å². The molecule has 1 N–H and O–H groups in total. The maximum absolute atomic E-state index is 10.9. The number of hydrogen-bond donors (Lipinski definition) is 1. The molecular weight excluding hydrogens is 272 g/mol. The molecule has 0 radical (unpaired) electrons. The van der Waals surface area contributed by atoms with Crippen LogP contribution in [-0.2, 0) is 0 Å². The van der Waals surface area contributed by atoms with E-state index in [-0.39, 0.29) is 5.01 Å².